The average Bonchev–Trinajstić information content (AvgIpc) is 2.57. The van der Waals surface area contributed by atoms with Crippen molar-refractivity contribution in [3.05, 3.63) is 34.0 Å². The number of pyridine rings is 1. The molecule has 0 aliphatic carbocycles. The van der Waals surface area contributed by atoms with Crippen molar-refractivity contribution >= 4 is 45.6 Å². The summed E-state index contributed by atoms with van der Waals surface area (Å²) in [5.41, 5.74) is 0.259. The van der Waals surface area contributed by atoms with Crippen molar-refractivity contribution in [2.24, 2.45) is 5.16 Å². The van der Waals surface area contributed by atoms with Gasteiger partial charge in [0.05, 0.1) is 17.3 Å². The summed E-state index contributed by atoms with van der Waals surface area (Å²) >= 11 is 2.22. The van der Waals surface area contributed by atoms with E-state index in [1.807, 2.05) is 51.2 Å². The van der Waals surface area contributed by atoms with Crippen molar-refractivity contribution in [2.75, 3.05) is 7.11 Å². The maximum atomic E-state index is 12.5. The minimum Gasteiger partial charge on any atom is -0.481 e. The summed E-state index contributed by atoms with van der Waals surface area (Å²) in [7, 11) is 1.46. The molecule has 0 aliphatic heterocycles. The summed E-state index contributed by atoms with van der Waals surface area (Å²) in [6.07, 6.45) is 3.31. The fraction of sp³-hybridized carbons (Fsp3) is 0.389. The Hall–Kier alpha value is -1.90. The van der Waals surface area contributed by atoms with E-state index in [-0.39, 0.29) is 5.91 Å². The number of rotatable bonds is 7. The fourth-order valence-corrected chi connectivity index (χ4v) is 2.73. The Morgan fingerprint density at radius 3 is 2.88 bits per heavy atom. The van der Waals surface area contributed by atoms with Crippen LogP contribution in [-0.2, 0) is 9.63 Å². The molecule has 0 radical (unpaired) electrons. The molecule has 1 atom stereocenters. The normalized spacial score (nSPS) is 13.0. The van der Waals surface area contributed by atoms with E-state index >= 15 is 0 Å². The topological polar surface area (TPSA) is 72.8 Å². The van der Waals surface area contributed by atoms with Gasteiger partial charge in [-0.25, -0.2) is 0 Å². The van der Waals surface area contributed by atoms with Gasteiger partial charge in [-0.05, 0) is 67.1 Å². The van der Waals surface area contributed by atoms with Gasteiger partial charge in [-0.1, -0.05) is 12.1 Å². The number of carbonyl (C=O) groups is 1. The van der Waals surface area contributed by atoms with E-state index in [1.54, 1.807) is 6.21 Å². The van der Waals surface area contributed by atoms with E-state index in [2.05, 4.69) is 42.9 Å². The summed E-state index contributed by atoms with van der Waals surface area (Å²) in [5, 5.41) is 7.60. The zero-order chi connectivity index (χ0) is 18.4. The third-order valence-electron chi connectivity index (χ3n) is 3.49. The van der Waals surface area contributed by atoms with Crippen LogP contribution in [0.2, 0.25) is 0 Å². The highest BCUT2D eigenvalue weighted by atomic mass is 127. The van der Waals surface area contributed by atoms with Crippen LogP contribution in [-0.4, -0.2) is 35.9 Å². The van der Waals surface area contributed by atoms with Gasteiger partial charge < -0.3 is 14.9 Å². The smallest absolute Gasteiger partial charge is 0.261 e. The first kappa shape index (κ1) is 19.4. The third-order valence-corrected chi connectivity index (χ3v) is 4.08. The second-order valence-corrected chi connectivity index (χ2v) is 7.40. The van der Waals surface area contributed by atoms with Crippen LogP contribution in [0.15, 0.2) is 35.6 Å². The van der Waals surface area contributed by atoms with Gasteiger partial charge in [0.25, 0.3) is 5.91 Å². The number of ether oxygens (including phenoxy) is 1. The zero-order valence-electron chi connectivity index (χ0n) is 14.7. The minimum atomic E-state index is -0.632. The molecule has 0 spiro atoms. The van der Waals surface area contributed by atoms with Gasteiger partial charge in [0.1, 0.15) is 12.9 Å². The summed E-state index contributed by atoms with van der Waals surface area (Å²) in [6, 6.07) is 7.65. The lowest BCUT2D eigenvalue weighted by Gasteiger charge is -2.25. The van der Waals surface area contributed by atoms with Crippen LogP contribution in [0, 0.1) is 3.57 Å². The molecular weight excluding hydrogens is 433 g/mol. The molecule has 0 aliphatic rings. The quantitative estimate of drug-likeness (QED) is 0.394. The van der Waals surface area contributed by atoms with Gasteiger partial charge in [0.2, 0.25) is 0 Å². The maximum Gasteiger partial charge on any atom is 0.261 e. The van der Waals surface area contributed by atoms with Crippen molar-refractivity contribution in [1.82, 2.24) is 10.3 Å². The van der Waals surface area contributed by atoms with Crippen molar-refractivity contribution in [3.8, 4) is 5.75 Å². The second-order valence-electron chi connectivity index (χ2n) is 6.15. The molecule has 2 aromatic rings. The molecular formula is C18H22IN3O3. The summed E-state index contributed by atoms with van der Waals surface area (Å²) in [6.45, 7) is 5.58. The van der Waals surface area contributed by atoms with Crippen LogP contribution in [0.25, 0.3) is 10.9 Å². The Morgan fingerprint density at radius 2 is 2.20 bits per heavy atom. The lowest BCUT2D eigenvalue weighted by Crippen LogP contribution is -2.50. The second kappa shape index (κ2) is 8.46. The number of halogens is 1. The molecule has 0 bridgehead atoms. The number of aromatic nitrogens is 1. The van der Waals surface area contributed by atoms with Crippen LogP contribution >= 0.6 is 22.6 Å². The van der Waals surface area contributed by atoms with Gasteiger partial charge in [0, 0.05) is 15.2 Å². The monoisotopic (exact) mass is 455 g/mol. The molecule has 0 fully saturated rings. The van der Waals surface area contributed by atoms with E-state index in [4.69, 9.17) is 4.74 Å². The van der Waals surface area contributed by atoms with Crippen molar-refractivity contribution in [1.29, 1.82) is 0 Å². The molecule has 1 N–H and O–H groups in total. The Labute approximate surface area is 161 Å². The number of hydrogen-bond donors (Lipinski definition) is 1. The molecule has 1 aromatic carbocycles. The number of fused-ring (bicyclic) bond motifs is 1. The molecule has 134 valence electrons. The van der Waals surface area contributed by atoms with Crippen molar-refractivity contribution < 1.29 is 14.4 Å². The molecule has 1 aromatic heterocycles. The molecule has 7 heteroatoms. The lowest BCUT2D eigenvalue weighted by atomic mass is 10.1. The minimum absolute atomic E-state index is 0.198. The number of benzene rings is 1. The van der Waals surface area contributed by atoms with E-state index < -0.39 is 11.6 Å². The SMILES string of the molecule is CCC(Oc1ccc2ncc(I)cc2c1)C(=O)NC(C)(C)C=NOC. The molecule has 2 rings (SSSR count). The highest BCUT2D eigenvalue weighted by Crippen LogP contribution is 2.22. The van der Waals surface area contributed by atoms with E-state index in [1.165, 1.54) is 7.11 Å². The van der Waals surface area contributed by atoms with E-state index in [0.29, 0.717) is 12.2 Å². The van der Waals surface area contributed by atoms with Crippen LogP contribution in [0.1, 0.15) is 27.2 Å². The standard InChI is InChI=1S/C18H22IN3O3/c1-5-16(17(23)22-18(2,3)11-21-24-4)25-14-6-7-15-12(9-14)8-13(19)10-20-15/h6-11,16H,5H2,1-4H3,(H,22,23). The van der Waals surface area contributed by atoms with Crippen LogP contribution in [0.5, 0.6) is 5.75 Å². The van der Waals surface area contributed by atoms with Gasteiger partial charge in [-0.15, -0.1) is 0 Å². The largest absolute Gasteiger partial charge is 0.481 e. The lowest BCUT2D eigenvalue weighted by molar-refractivity contribution is -0.129. The first-order chi connectivity index (χ1) is 11.8. The predicted molar refractivity (Wildman–Crippen MR) is 107 cm³/mol. The summed E-state index contributed by atoms with van der Waals surface area (Å²) in [4.78, 5) is 21.6. The Morgan fingerprint density at radius 1 is 1.44 bits per heavy atom. The first-order valence-corrected chi connectivity index (χ1v) is 9.04. The Balaban J connectivity index is 2.13. The highest BCUT2D eigenvalue weighted by Gasteiger charge is 2.25. The maximum absolute atomic E-state index is 12.5. The zero-order valence-corrected chi connectivity index (χ0v) is 16.9. The number of nitrogens with one attached hydrogen (secondary N) is 1. The molecule has 0 saturated carbocycles. The van der Waals surface area contributed by atoms with Crippen LogP contribution in [0.3, 0.4) is 0 Å². The van der Waals surface area contributed by atoms with Crippen LogP contribution in [0.4, 0.5) is 0 Å². The van der Waals surface area contributed by atoms with E-state index in [0.717, 1.165) is 14.5 Å². The molecule has 25 heavy (non-hydrogen) atoms. The van der Waals surface area contributed by atoms with Gasteiger partial charge in [-0.3, -0.25) is 9.78 Å². The molecule has 1 heterocycles. The number of amides is 1. The number of carbonyl (C=O) groups excluding carboxylic acids is 1. The number of hydrogen-bond acceptors (Lipinski definition) is 5. The Kier molecular flexibility index (Phi) is 6.57. The molecule has 0 saturated heterocycles. The van der Waals surface area contributed by atoms with Crippen LogP contribution < -0.4 is 10.1 Å². The summed E-state index contributed by atoms with van der Waals surface area (Å²) < 4.78 is 6.95. The first-order valence-electron chi connectivity index (χ1n) is 7.96. The number of nitrogens with zero attached hydrogens (tertiary/aromatic N) is 2. The predicted octanol–water partition coefficient (Wildman–Crippen LogP) is 3.52. The van der Waals surface area contributed by atoms with Crippen molar-refractivity contribution in [2.45, 2.75) is 38.8 Å². The third kappa shape index (κ3) is 5.55. The van der Waals surface area contributed by atoms with E-state index in [9.17, 15) is 4.79 Å². The van der Waals surface area contributed by atoms with Gasteiger partial charge in [0.15, 0.2) is 6.10 Å². The van der Waals surface area contributed by atoms with Gasteiger partial charge in [-0.2, -0.15) is 0 Å². The summed E-state index contributed by atoms with van der Waals surface area (Å²) in [5.74, 6) is 0.442. The molecule has 1 amide bonds. The molecule has 1 unspecified atom stereocenters. The Bertz CT molecular complexity index is 777. The fourth-order valence-electron chi connectivity index (χ4n) is 2.26. The average molecular weight is 455 g/mol. The van der Waals surface area contributed by atoms with Crippen molar-refractivity contribution in [3.63, 3.8) is 0 Å². The number of oxime groups is 1. The highest BCUT2D eigenvalue weighted by molar-refractivity contribution is 14.1. The van der Waals surface area contributed by atoms with Gasteiger partial charge >= 0.3 is 0 Å². The molecule has 6 nitrogen and oxygen atoms in total.